The van der Waals surface area contributed by atoms with Gasteiger partial charge in [0.25, 0.3) is 5.91 Å². The van der Waals surface area contributed by atoms with Gasteiger partial charge in [-0.15, -0.1) is 0 Å². The Morgan fingerprint density at radius 1 is 1.31 bits per heavy atom. The molecule has 1 saturated heterocycles. The first kappa shape index (κ1) is 20.4. The number of carbonyl (C=O) groups is 2. The number of morpholine rings is 1. The summed E-state index contributed by atoms with van der Waals surface area (Å²) in [4.78, 5) is 28.9. The van der Waals surface area contributed by atoms with Gasteiger partial charge in [0.05, 0.1) is 26.2 Å². The molecule has 0 radical (unpaired) electrons. The van der Waals surface area contributed by atoms with Crippen LogP contribution in [0.25, 0.3) is 0 Å². The highest BCUT2D eigenvalue weighted by atomic mass is 16.5. The maximum absolute atomic E-state index is 13.0. The van der Waals surface area contributed by atoms with Crippen LogP contribution in [-0.2, 0) is 14.3 Å². The molecule has 1 aromatic carbocycles. The van der Waals surface area contributed by atoms with Crippen molar-refractivity contribution in [2.24, 2.45) is 5.92 Å². The van der Waals surface area contributed by atoms with Crippen LogP contribution in [0.5, 0.6) is 0 Å². The third-order valence-corrected chi connectivity index (χ3v) is 4.66. The first-order valence-electron chi connectivity index (χ1n) is 9.25. The van der Waals surface area contributed by atoms with E-state index in [9.17, 15) is 9.59 Å². The second kappa shape index (κ2) is 10.3. The number of aryl methyl sites for hydroxylation is 1. The Balaban J connectivity index is 2.00. The van der Waals surface area contributed by atoms with Crippen molar-refractivity contribution in [2.75, 3.05) is 53.0 Å². The third kappa shape index (κ3) is 6.11. The van der Waals surface area contributed by atoms with E-state index in [0.29, 0.717) is 18.7 Å². The summed E-state index contributed by atoms with van der Waals surface area (Å²) >= 11 is 0. The molecule has 1 fully saturated rings. The number of ether oxygens (including phenoxy) is 2. The predicted molar refractivity (Wildman–Crippen MR) is 100 cm³/mol. The fourth-order valence-electron chi connectivity index (χ4n) is 3.15. The molecule has 0 bridgehead atoms. The minimum atomic E-state index is -0.350. The van der Waals surface area contributed by atoms with Gasteiger partial charge < -0.3 is 14.4 Å². The van der Waals surface area contributed by atoms with Crippen LogP contribution >= 0.6 is 0 Å². The average Bonchev–Trinajstić information content (AvgIpc) is 2.66. The van der Waals surface area contributed by atoms with Crippen molar-refractivity contribution in [3.63, 3.8) is 0 Å². The summed E-state index contributed by atoms with van der Waals surface area (Å²) in [6.45, 7) is 9.08. The SMILES string of the molecule is COC(=O)C(C)CN(CCCN1CCOCC1)C(=O)c1cccc(C)c1. The van der Waals surface area contributed by atoms with Crippen molar-refractivity contribution in [1.82, 2.24) is 9.80 Å². The molecule has 1 aromatic rings. The number of carbonyl (C=O) groups excluding carboxylic acids is 2. The van der Waals surface area contributed by atoms with Crippen LogP contribution in [0.4, 0.5) is 0 Å². The van der Waals surface area contributed by atoms with E-state index in [-0.39, 0.29) is 17.8 Å². The molecule has 1 aliphatic heterocycles. The van der Waals surface area contributed by atoms with Crippen molar-refractivity contribution in [3.8, 4) is 0 Å². The Kier molecular flexibility index (Phi) is 8.06. The molecule has 1 unspecified atom stereocenters. The molecule has 0 saturated carbocycles. The first-order chi connectivity index (χ1) is 12.5. The molecule has 144 valence electrons. The molecule has 1 atom stereocenters. The summed E-state index contributed by atoms with van der Waals surface area (Å²) in [6, 6.07) is 7.57. The van der Waals surface area contributed by atoms with E-state index in [1.807, 2.05) is 31.2 Å². The number of benzene rings is 1. The van der Waals surface area contributed by atoms with Crippen LogP contribution < -0.4 is 0 Å². The summed E-state index contributed by atoms with van der Waals surface area (Å²) in [5.74, 6) is -0.677. The smallest absolute Gasteiger partial charge is 0.310 e. The van der Waals surface area contributed by atoms with E-state index in [4.69, 9.17) is 9.47 Å². The molecule has 1 aliphatic rings. The average molecular weight is 362 g/mol. The summed E-state index contributed by atoms with van der Waals surface area (Å²) in [6.07, 6.45) is 0.867. The van der Waals surface area contributed by atoms with Crippen LogP contribution in [-0.4, -0.2) is 74.7 Å². The van der Waals surface area contributed by atoms with Crippen molar-refractivity contribution < 1.29 is 19.1 Å². The van der Waals surface area contributed by atoms with Gasteiger partial charge in [0.2, 0.25) is 0 Å². The molecule has 6 nitrogen and oxygen atoms in total. The number of hydrogen-bond acceptors (Lipinski definition) is 5. The lowest BCUT2D eigenvalue weighted by Gasteiger charge is -2.29. The van der Waals surface area contributed by atoms with Gasteiger partial charge in [-0.05, 0) is 25.5 Å². The number of methoxy groups -OCH3 is 1. The third-order valence-electron chi connectivity index (χ3n) is 4.66. The first-order valence-corrected chi connectivity index (χ1v) is 9.25. The number of amides is 1. The molecule has 2 rings (SSSR count). The Labute approximate surface area is 156 Å². The fraction of sp³-hybridized carbons (Fsp3) is 0.600. The van der Waals surface area contributed by atoms with E-state index in [0.717, 1.165) is 44.8 Å². The van der Waals surface area contributed by atoms with Gasteiger partial charge in [0, 0.05) is 38.3 Å². The van der Waals surface area contributed by atoms with E-state index in [1.165, 1.54) is 7.11 Å². The molecule has 0 aromatic heterocycles. The Bertz CT molecular complexity index is 599. The van der Waals surface area contributed by atoms with Crippen LogP contribution in [0.3, 0.4) is 0 Å². The lowest BCUT2D eigenvalue weighted by molar-refractivity contribution is -0.145. The van der Waals surface area contributed by atoms with Crippen LogP contribution in [0.2, 0.25) is 0 Å². The van der Waals surface area contributed by atoms with Crippen LogP contribution in [0, 0.1) is 12.8 Å². The van der Waals surface area contributed by atoms with Crippen molar-refractivity contribution >= 4 is 11.9 Å². The van der Waals surface area contributed by atoms with E-state index in [1.54, 1.807) is 11.8 Å². The van der Waals surface area contributed by atoms with Crippen LogP contribution in [0.15, 0.2) is 24.3 Å². The lowest BCUT2D eigenvalue weighted by Crippen LogP contribution is -2.41. The molecule has 6 heteroatoms. The largest absolute Gasteiger partial charge is 0.469 e. The molecule has 1 heterocycles. The highest BCUT2D eigenvalue weighted by Crippen LogP contribution is 2.12. The maximum Gasteiger partial charge on any atom is 0.310 e. The number of esters is 1. The van der Waals surface area contributed by atoms with Crippen LogP contribution in [0.1, 0.15) is 29.3 Å². The van der Waals surface area contributed by atoms with E-state index >= 15 is 0 Å². The quantitative estimate of drug-likeness (QED) is 0.662. The monoisotopic (exact) mass is 362 g/mol. The van der Waals surface area contributed by atoms with Gasteiger partial charge in [-0.1, -0.05) is 24.6 Å². The van der Waals surface area contributed by atoms with Gasteiger partial charge >= 0.3 is 5.97 Å². The lowest BCUT2D eigenvalue weighted by atomic mass is 10.1. The van der Waals surface area contributed by atoms with E-state index in [2.05, 4.69) is 4.90 Å². The summed E-state index contributed by atoms with van der Waals surface area (Å²) in [5, 5.41) is 0. The minimum Gasteiger partial charge on any atom is -0.469 e. The number of rotatable bonds is 8. The Morgan fingerprint density at radius 2 is 2.04 bits per heavy atom. The van der Waals surface area contributed by atoms with Crippen molar-refractivity contribution in [1.29, 1.82) is 0 Å². The molecule has 0 spiro atoms. The molecule has 26 heavy (non-hydrogen) atoms. The Hall–Kier alpha value is -1.92. The zero-order valence-electron chi connectivity index (χ0n) is 16.1. The fourth-order valence-corrected chi connectivity index (χ4v) is 3.15. The Morgan fingerprint density at radius 3 is 2.69 bits per heavy atom. The van der Waals surface area contributed by atoms with Gasteiger partial charge in [0.1, 0.15) is 0 Å². The topological polar surface area (TPSA) is 59.1 Å². The number of nitrogens with zero attached hydrogens (tertiary/aromatic N) is 2. The minimum absolute atomic E-state index is 0.0357. The number of hydrogen-bond donors (Lipinski definition) is 0. The second-order valence-electron chi connectivity index (χ2n) is 6.85. The van der Waals surface area contributed by atoms with Gasteiger partial charge in [0.15, 0.2) is 0 Å². The van der Waals surface area contributed by atoms with Gasteiger partial charge in [-0.25, -0.2) is 0 Å². The summed E-state index contributed by atoms with van der Waals surface area (Å²) < 4.78 is 10.2. The highest BCUT2D eigenvalue weighted by molar-refractivity contribution is 5.94. The summed E-state index contributed by atoms with van der Waals surface area (Å²) in [5.41, 5.74) is 1.71. The summed E-state index contributed by atoms with van der Waals surface area (Å²) in [7, 11) is 1.38. The molecule has 0 N–H and O–H groups in total. The molecular formula is C20H30N2O4. The normalized spacial score (nSPS) is 16.1. The van der Waals surface area contributed by atoms with E-state index < -0.39 is 0 Å². The zero-order valence-corrected chi connectivity index (χ0v) is 16.1. The van der Waals surface area contributed by atoms with Crippen molar-refractivity contribution in [3.05, 3.63) is 35.4 Å². The zero-order chi connectivity index (χ0) is 18.9. The molecule has 1 amide bonds. The maximum atomic E-state index is 13.0. The standard InChI is InChI=1S/C20H30N2O4/c1-16-6-4-7-18(14-16)19(23)22(15-17(2)20(24)25-3)9-5-8-21-10-12-26-13-11-21/h4,6-7,14,17H,5,8-13,15H2,1-3H3. The molecular weight excluding hydrogens is 332 g/mol. The molecule has 0 aliphatic carbocycles. The van der Waals surface area contributed by atoms with Gasteiger partial charge in [-0.2, -0.15) is 0 Å². The second-order valence-corrected chi connectivity index (χ2v) is 6.85. The van der Waals surface area contributed by atoms with Crippen molar-refractivity contribution in [2.45, 2.75) is 20.3 Å². The predicted octanol–water partition coefficient (Wildman–Crippen LogP) is 1.97. The highest BCUT2D eigenvalue weighted by Gasteiger charge is 2.23. The van der Waals surface area contributed by atoms with Gasteiger partial charge in [-0.3, -0.25) is 14.5 Å².